The SMILES string of the molecule is CN=C(NCc1ncc(-c2ccccc2)[nH]1)N1CCN(c2ncccn2)CC1.I. The molecule has 0 radical (unpaired) electrons. The minimum absolute atomic E-state index is 0. The number of anilines is 1. The molecule has 29 heavy (non-hydrogen) atoms. The molecule has 1 aliphatic rings. The first-order chi connectivity index (χ1) is 13.8. The third-order valence-electron chi connectivity index (χ3n) is 4.75. The summed E-state index contributed by atoms with van der Waals surface area (Å²) in [6, 6.07) is 12.0. The van der Waals surface area contributed by atoms with Crippen LogP contribution in [-0.2, 0) is 6.54 Å². The van der Waals surface area contributed by atoms with E-state index in [1.165, 1.54) is 0 Å². The average molecular weight is 504 g/mol. The molecule has 1 fully saturated rings. The number of imidazole rings is 1. The van der Waals surface area contributed by atoms with Gasteiger partial charge in [-0.3, -0.25) is 4.99 Å². The van der Waals surface area contributed by atoms with Gasteiger partial charge < -0.3 is 20.1 Å². The molecule has 0 aliphatic carbocycles. The zero-order valence-corrected chi connectivity index (χ0v) is 18.7. The monoisotopic (exact) mass is 504 g/mol. The quantitative estimate of drug-likeness (QED) is 0.323. The Morgan fingerprint density at radius 3 is 2.45 bits per heavy atom. The topological polar surface area (TPSA) is 85.3 Å². The maximum Gasteiger partial charge on any atom is 0.225 e. The third kappa shape index (κ3) is 5.22. The van der Waals surface area contributed by atoms with Gasteiger partial charge in [0.15, 0.2) is 5.96 Å². The van der Waals surface area contributed by atoms with E-state index in [2.05, 4.69) is 52.2 Å². The van der Waals surface area contributed by atoms with Crippen molar-refractivity contribution < 1.29 is 0 Å². The van der Waals surface area contributed by atoms with Crippen LogP contribution in [0.5, 0.6) is 0 Å². The van der Waals surface area contributed by atoms with Gasteiger partial charge in [0.1, 0.15) is 5.82 Å². The van der Waals surface area contributed by atoms with Crippen LogP contribution in [0.25, 0.3) is 11.3 Å². The Kier molecular flexibility index (Phi) is 7.39. The highest BCUT2D eigenvalue weighted by atomic mass is 127. The standard InChI is InChI=1S/C20H24N8.HI/c1-21-19(27-10-12-28(13-11-27)20-22-8-5-9-23-20)25-15-18-24-14-17(26-18)16-6-3-2-4-7-16;/h2-9,14H,10-13,15H2,1H3,(H,21,25)(H,24,26);1H. The number of piperazine rings is 1. The van der Waals surface area contributed by atoms with Crippen LogP contribution in [-0.4, -0.2) is 64.0 Å². The summed E-state index contributed by atoms with van der Waals surface area (Å²) in [6.07, 6.45) is 5.43. The summed E-state index contributed by atoms with van der Waals surface area (Å²) in [6.45, 7) is 4.06. The van der Waals surface area contributed by atoms with E-state index in [0.717, 1.165) is 55.2 Å². The molecule has 0 saturated carbocycles. The van der Waals surface area contributed by atoms with Crippen molar-refractivity contribution in [3.8, 4) is 11.3 Å². The van der Waals surface area contributed by atoms with Crippen LogP contribution in [0.15, 0.2) is 60.0 Å². The second kappa shape index (κ2) is 10.2. The zero-order valence-electron chi connectivity index (χ0n) is 16.3. The van der Waals surface area contributed by atoms with E-state index in [1.54, 1.807) is 12.4 Å². The number of H-pyrrole nitrogens is 1. The number of guanidine groups is 1. The Hall–Kier alpha value is -2.69. The van der Waals surface area contributed by atoms with Gasteiger partial charge in [-0.05, 0) is 11.6 Å². The largest absolute Gasteiger partial charge is 0.349 e. The van der Waals surface area contributed by atoms with Crippen molar-refractivity contribution >= 4 is 35.9 Å². The highest BCUT2D eigenvalue weighted by Crippen LogP contribution is 2.16. The van der Waals surface area contributed by atoms with Crippen LogP contribution >= 0.6 is 24.0 Å². The minimum atomic E-state index is 0. The number of nitrogens with one attached hydrogen (secondary N) is 2. The maximum atomic E-state index is 4.48. The molecule has 152 valence electrons. The van der Waals surface area contributed by atoms with Crippen molar-refractivity contribution in [1.82, 2.24) is 30.2 Å². The Labute approximate surface area is 187 Å². The Balaban J connectivity index is 0.00000240. The number of hydrogen-bond donors (Lipinski definition) is 2. The predicted molar refractivity (Wildman–Crippen MR) is 125 cm³/mol. The molecule has 0 amide bonds. The van der Waals surface area contributed by atoms with Crippen LogP contribution < -0.4 is 10.2 Å². The molecule has 1 saturated heterocycles. The number of hydrogen-bond acceptors (Lipinski definition) is 5. The van der Waals surface area contributed by atoms with Gasteiger partial charge in [0, 0.05) is 45.6 Å². The van der Waals surface area contributed by atoms with Crippen LogP contribution in [0, 0.1) is 0 Å². The summed E-state index contributed by atoms with van der Waals surface area (Å²) in [5, 5.41) is 3.41. The molecular formula is C20H25IN8. The van der Waals surface area contributed by atoms with Gasteiger partial charge in [-0.15, -0.1) is 24.0 Å². The van der Waals surface area contributed by atoms with E-state index in [1.807, 2.05) is 37.5 Å². The minimum Gasteiger partial charge on any atom is -0.349 e. The van der Waals surface area contributed by atoms with E-state index >= 15 is 0 Å². The fraction of sp³-hybridized carbons (Fsp3) is 0.300. The van der Waals surface area contributed by atoms with Gasteiger partial charge >= 0.3 is 0 Å². The smallest absolute Gasteiger partial charge is 0.225 e. The fourth-order valence-electron chi connectivity index (χ4n) is 3.28. The molecule has 3 heterocycles. The Morgan fingerprint density at radius 1 is 1.03 bits per heavy atom. The molecule has 0 bridgehead atoms. The number of nitrogens with zero attached hydrogens (tertiary/aromatic N) is 6. The summed E-state index contributed by atoms with van der Waals surface area (Å²) in [5.74, 6) is 2.55. The van der Waals surface area contributed by atoms with Gasteiger partial charge in [0.25, 0.3) is 0 Å². The van der Waals surface area contributed by atoms with Gasteiger partial charge in [-0.2, -0.15) is 0 Å². The summed E-state index contributed by atoms with van der Waals surface area (Å²) in [5.41, 5.74) is 2.15. The van der Waals surface area contributed by atoms with Gasteiger partial charge in [0.2, 0.25) is 5.95 Å². The molecular weight excluding hydrogens is 479 g/mol. The van der Waals surface area contributed by atoms with E-state index in [0.29, 0.717) is 6.54 Å². The molecule has 2 N–H and O–H groups in total. The number of aromatic nitrogens is 4. The number of aromatic amines is 1. The van der Waals surface area contributed by atoms with E-state index in [-0.39, 0.29) is 24.0 Å². The average Bonchev–Trinajstić information content (AvgIpc) is 3.25. The van der Waals surface area contributed by atoms with E-state index < -0.39 is 0 Å². The normalized spacial score (nSPS) is 14.4. The van der Waals surface area contributed by atoms with Crippen LogP contribution in [0.3, 0.4) is 0 Å². The molecule has 0 spiro atoms. The molecule has 1 aromatic carbocycles. The van der Waals surface area contributed by atoms with E-state index in [4.69, 9.17) is 0 Å². The lowest BCUT2D eigenvalue weighted by molar-refractivity contribution is 0.369. The van der Waals surface area contributed by atoms with Crippen molar-refractivity contribution in [3.05, 3.63) is 60.8 Å². The summed E-state index contributed by atoms with van der Waals surface area (Å²) >= 11 is 0. The summed E-state index contributed by atoms with van der Waals surface area (Å²) < 4.78 is 0. The van der Waals surface area contributed by atoms with Gasteiger partial charge in [-0.1, -0.05) is 30.3 Å². The summed E-state index contributed by atoms with van der Waals surface area (Å²) in [7, 11) is 1.81. The maximum absolute atomic E-state index is 4.48. The second-order valence-corrected chi connectivity index (χ2v) is 6.53. The lowest BCUT2D eigenvalue weighted by atomic mass is 10.2. The fourth-order valence-corrected chi connectivity index (χ4v) is 3.28. The Morgan fingerprint density at radius 2 is 1.76 bits per heavy atom. The number of aliphatic imine (C=N–C) groups is 1. The van der Waals surface area contributed by atoms with Crippen molar-refractivity contribution in [2.75, 3.05) is 38.1 Å². The number of rotatable bonds is 4. The van der Waals surface area contributed by atoms with E-state index in [9.17, 15) is 0 Å². The molecule has 9 heteroatoms. The number of halogens is 1. The first-order valence-corrected chi connectivity index (χ1v) is 9.40. The lowest BCUT2D eigenvalue weighted by Crippen LogP contribution is -2.52. The number of benzene rings is 1. The molecule has 1 aliphatic heterocycles. The van der Waals surface area contributed by atoms with Crippen molar-refractivity contribution in [1.29, 1.82) is 0 Å². The van der Waals surface area contributed by atoms with Crippen LogP contribution in [0.2, 0.25) is 0 Å². The molecule has 8 nitrogen and oxygen atoms in total. The molecule has 4 rings (SSSR count). The van der Waals surface area contributed by atoms with Crippen LogP contribution in [0.1, 0.15) is 5.82 Å². The Bertz CT molecular complexity index is 905. The molecule has 3 aromatic rings. The van der Waals surface area contributed by atoms with Crippen molar-refractivity contribution in [2.45, 2.75) is 6.54 Å². The first kappa shape index (κ1) is 21.0. The van der Waals surface area contributed by atoms with Gasteiger partial charge in [0.05, 0.1) is 18.4 Å². The van der Waals surface area contributed by atoms with Gasteiger partial charge in [-0.25, -0.2) is 15.0 Å². The second-order valence-electron chi connectivity index (χ2n) is 6.53. The van der Waals surface area contributed by atoms with Crippen molar-refractivity contribution in [3.63, 3.8) is 0 Å². The van der Waals surface area contributed by atoms with Crippen molar-refractivity contribution in [2.24, 2.45) is 4.99 Å². The molecule has 0 atom stereocenters. The molecule has 0 unspecified atom stereocenters. The summed E-state index contributed by atoms with van der Waals surface area (Å²) in [4.78, 5) is 25.4. The first-order valence-electron chi connectivity index (χ1n) is 9.40. The third-order valence-corrected chi connectivity index (χ3v) is 4.75. The molecule has 2 aromatic heterocycles. The highest BCUT2D eigenvalue weighted by molar-refractivity contribution is 14.0. The predicted octanol–water partition coefficient (Wildman–Crippen LogP) is 2.38. The van der Waals surface area contributed by atoms with Crippen LogP contribution in [0.4, 0.5) is 5.95 Å². The highest BCUT2D eigenvalue weighted by Gasteiger charge is 2.21. The lowest BCUT2D eigenvalue weighted by Gasteiger charge is -2.36. The zero-order chi connectivity index (χ0) is 19.2.